The lowest BCUT2D eigenvalue weighted by Crippen LogP contribution is -2.19. The van der Waals surface area contributed by atoms with E-state index in [1.54, 1.807) is 12.1 Å². The van der Waals surface area contributed by atoms with Crippen molar-refractivity contribution in [2.24, 2.45) is 0 Å². The monoisotopic (exact) mass is 267 g/mol. The van der Waals surface area contributed by atoms with Gasteiger partial charge in [0, 0.05) is 17.1 Å². The molecule has 2 aromatic rings. The molecule has 0 saturated carbocycles. The Morgan fingerprint density at radius 2 is 1.75 bits per heavy atom. The number of nitrogens with one attached hydrogen (secondary N) is 3. The van der Waals surface area contributed by atoms with Crippen molar-refractivity contribution in [1.82, 2.24) is 0 Å². The van der Waals surface area contributed by atoms with Gasteiger partial charge in [0.1, 0.15) is 0 Å². The number of benzene rings is 2. The minimum atomic E-state index is -0.319. The van der Waals surface area contributed by atoms with Crippen LogP contribution in [-0.2, 0) is 11.2 Å². The maximum atomic E-state index is 11.8. The number of urea groups is 1. The van der Waals surface area contributed by atoms with Gasteiger partial charge in [-0.25, -0.2) is 4.79 Å². The molecular weight excluding hydrogens is 254 g/mol. The van der Waals surface area contributed by atoms with E-state index < -0.39 is 0 Å². The number of carbonyl (C=O) groups is 2. The third kappa shape index (κ3) is 2.61. The number of anilines is 3. The van der Waals surface area contributed by atoms with E-state index >= 15 is 0 Å². The number of amides is 3. The number of para-hydroxylation sites is 1. The molecule has 0 aromatic heterocycles. The van der Waals surface area contributed by atoms with Gasteiger partial charge in [-0.05, 0) is 29.8 Å². The second-order valence-electron chi connectivity index (χ2n) is 4.54. The Balaban J connectivity index is 1.68. The van der Waals surface area contributed by atoms with Crippen LogP contribution < -0.4 is 16.0 Å². The van der Waals surface area contributed by atoms with Crippen LogP contribution in [0, 0.1) is 0 Å². The summed E-state index contributed by atoms with van der Waals surface area (Å²) in [6.45, 7) is 0. The molecule has 0 bridgehead atoms. The second kappa shape index (κ2) is 5.05. The van der Waals surface area contributed by atoms with Crippen LogP contribution >= 0.6 is 0 Å². The van der Waals surface area contributed by atoms with Crippen LogP contribution in [0.2, 0.25) is 0 Å². The molecule has 0 atom stereocenters. The molecule has 1 aliphatic rings. The van der Waals surface area contributed by atoms with Gasteiger partial charge in [0.05, 0.1) is 6.42 Å². The minimum absolute atomic E-state index is 0.0223. The highest BCUT2D eigenvalue weighted by Gasteiger charge is 2.17. The van der Waals surface area contributed by atoms with Crippen molar-refractivity contribution in [2.75, 3.05) is 16.0 Å². The standard InChI is InChI=1S/C15H13N3O2/c19-14-8-10-6-7-12(9-13(10)18-14)17-15(20)16-11-4-2-1-3-5-11/h1-7,9H,8H2,(H,18,19)(H2,16,17,20). The summed E-state index contributed by atoms with van der Waals surface area (Å²) in [5, 5.41) is 8.21. The Labute approximate surface area is 116 Å². The van der Waals surface area contributed by atoms with Gasteiger partial charge in [0.2, 0.25) is 5.91 Å². The number of carbonyl (C=O) groups excluding carboxylic acids is 2. The summed E-state index contributed by atoms with van der Waals surface area (Å²) >= 11 is 0. The maximum absolute atomic E-state index is 11.8. The van der Waals surface area contributed by atoms with E-state index in [9.17, 15) is 9.59 Å². The van der Waals surface area contributed by atoms with E-state index in [1.165, 1.54) is 0 Å². The highest BCUT2D eigenvalue weighted by Crippen LogP contribution is 2.26. The molecule has 5 heteroatoms. The van der Waals surface area contributed by atoms with E-state index in [2.05, 4.69) is 16.0 Å². The molecule has 20 heavy (non-hydrogen) atoms. The van der Waals surface area contributed by atoms with Crippen molar-refractivity contribution >= 4 is 29.0 Å². The predicted molar refractivity (Wildman–Crippen MR) is 77.9 cm³/mol. The van der Waals surface area contributed by atoms with Gasteiger partial charge in [-0.2, -0.15) is 0 Å². The van der Waals surface area contributed by atoms with E-state index in [1.807, 2.05) is 36.4 Å². The van der Waals surface area contributed by atoms with Gasteiger partial charge in [-0.15, -0.1) is 0 Å². The molecule has 2 aromatic carbocycles. The molecule has 0 unspecified atom stereocenters. The van der Waals surface area contributed by atoms with Crippen molar-refractivity contribution in [1.29, 1.82) is 0 Å². The van der Waals surface area contributed by atoms with Gasteiger partial charge in [0.15, 0.2) is 0 Å². The molecule has 100 valence electrons. The molecule has 1 heterocycles. The largest absolute Gasteiger partial charge is 0.325 e. The summed E-state index contributed by atoms with van der Waals surface area (Å²) in [5.41, 5.74) is 3.07. The highest BCUT2D eigenvalue weighted by atomic mass is 16.2. The van der Waals surface area contributed by atoms with Crippen LogP contribution in [0.1, 0.15) is 5.56 Å². The third-order valence-electron chi connectivity index (χ3n) is 3.02. The van der Waals surface area contributed by atoms with Crippen molar-refractivity contribution in [3.63, 3.8) is 0 Å². The van der Waals surface area contributed by atoms with Crippen LogP contribution in [-0.4, -0.2) is 11.9 Å². The topological polar surface area (TPSA) is 70.2 Å². The number of rotatable bonds is 2. The van der Waals surface area contributed by atoms with Crippen molar-refractivity contribution in [3.05, 3.63) is 54.1 Å². The van der Waals surface area contributed by atoms with Gasteiger partial charge in [-0.1, -0.05) is 24.3 Å². The fourth-order valence-electron chi connectivity index (χ4n) is 2.11. The minimum Gasteiger partial charge on any atom is -0.325 e. The first kappa shape index (κ1) is 12.2. The van der Waals surface area contributed by atoms with E-state index in [4.69, 9.17) is 0 Å². The van der Waals surface area contributed by atoms with Gasteiger partial charge < -0.3 is 16.0 Å². The molecule has 3 rings (SSSR count). The molecule has 3 N–H and O–H groups in total. The van der Waals surface area contributed by atoms with E-state index in [0.717, 1.165) is 16.9 Å². The fourth-order valence-corrected chi connectivity index (χ4v) is 2.11. The number of fused-ring (bicyclic) bond motifs is 1. The first-order valence-electron chi connectivity index (χ1n) is 6.26. The normalized spacial score (nSPS) is 12.5. The molecule has 3 amide bonds. The lowest BCUT2D eigenvalue weighted by molar-refractivity contribution is -0.115. The lowest BCUT2D eigenvalue weighted by Gasteiger charge is -2.08. The summed E-state index contributed by atoms with van der Waals surface area (Å²) in [6.07, 6.45) is 0.395. The summed E-state index contributed by atoms with van der Waals surface area (Å²) in [6, 6.07) is 14.2. The molecule has 0 aliphatic carbocycles. The van der Waals surface area contributed by atoms with Crippen molar-refractivity contribution in [3.8, 4) is 0 Å². The summed E-state index contributed by atoms with van der Waals surface area (Å²) in [4.78, 5) is 23.1. The SMILES string of the molecule is O=C1Cc2ccc(NC(=O)Nc3ccccc3)cc2N1. The van der Waals surface area contributed by atoms with E-state index in [-0.39, 0.29) is 11.9 Å². The van der Waals surface area contributed by atoms with Crippen molar-refractivity contribution < 1.29 is 9.59 Å². The third-order valence-corrected chi connectivity index (χ3v) is 3.02. The molecule has 0 fully saturated rings. The van der Waals surface area contributed by atoms with Crippen LogP contribution in [0.4, 0.5) is 21.9 Å². The molecule has 0 radical (unpaired) electrons. The Bertz CT molecular complexity index is 668. The molecule has 1 aliphatic heterocycles. The quantitative estimate of drug-likeness (QED) is 0.783. The Morgan fingerprint density at radius 3 is 2.55 bits per heavy atom. The van der Waals surface area contributed by atoms with Crippen LogP contribution in [0.3, 0.4) is 0 Å². The summed E-state index contributed by atoms with van der Waals surface area (Å²) in [7, 11) is 0. The first-order chi connectivity index (χ1) is 9.70. The average molecular weight is 267 g/mol. The number of hydrogen-bond acceptors (Lipinski definition) is 2. The van der Waals surface area contributed by atoms with Gasteiger partial charge in [-0.3, -0.25) is 4.79 Å². The molecule has 0 spiro atoms. The lowest BCUT2D eigenvalue weighted by atomic mass is 10.1. The van der Waals surface area contributed by atoms with Crippen LogP contribution in [0.15, 0.2) is 48.5 Å². The highest BCUT2D eigenvalue weighted by molar-refractivity contribution is 6.02. The van der Waals surface area contributed by atoms with Gasteiger partial charge >= 0.3 is 6.03 Å². The first-order valence-corrected chi connectivity index (χ1v) is 6.26. The Hall–Kier alpha value is -2.82. The van der Waals surface area contributed by atoms with Crippen LogP contribution in [0.5, 0.6) is 0 Å². The number of hydrogen-bond donors (Lipinski definition) is 3. The molecule has 0 saturated heterocycles. The zero-order chi connectivity index (χ0) is 13.9. The van der Waals surface area contributed by atoms with Gasteiger partial charge in [0.25, 0.3) is 0 Å². The zero-order valence-corrected chi connectivity index (χ0v) is 10.6. The molecule has 5 nitrogen and oxygen atoms in total. The Kier molecular flexibility index (Phi) is 3.09. The summed E-state index contributed by atoms with van der Waals surface area (Å²) in [5.74, 6) is -0.0223. The Morgan fingerprint density at radius 1 is 1.00 bits per heavy atom. The predicted octanol–water partition coefficient (Wildman–Crippen LogP) is 2.83. The maximum Gasteiger partial charge on any atom is 0.323 e. The van der Waals surface area contributed by atoms with Crippen molar-refractivity contribution in [2.45, 2.75) is 6.42 Å². The zero-order valence-electron chi connectivity index (χ0n) is 10.6. The smallest absolute Gasteiger partial charge is 0.323 e. The molecular formula is C15H13N3O2. The fraction of sp³-hybridized carbons (Fsp3) is 0.0667. The van der Waals surface area contributed by atoms with Crippen LogP contribution in [0.25, 0.3) is 0 Å². The summed E-state index contributed by atoms with van der Waals surface area (Å²) < 4.78 is 0. The second-order valence-corrected chi connectivity index (χ2v) is 4.54. The van der Waals surface area contributed by atoms with E-state index in [0.29, 0.717) is 12.1 Å². The average Bonchev–Trinajstić information content (AvgIpc) is 2.79.